The highest BCUT2D eigenvalue weighted by atomic mass is 16.3. The van der Waals surface area contributed by atoms with E-state index < -0.39 is 6.10 Å². The maximum atomic E-state index is 11.6. The van der Waals surface area contributed by atoms with Gasteiger partial charge in [0.15, 0.2) is 0 Å². The first-order chi connectivity index (χ1) is 9.06. The van der Waals surface area contributed by atoms with Crippen LogP contribution < -0.4 is 5.32 Å². The van der Waals surface area contributed by atoms with Crippen LogP contribution >= 0.6 is 0 Å². The molecule has 1 aromatic carbocycles. The summed E-state index contributed by atoms with van der Waals surface area (Å²) in [5.74, 6) is -0.0720. The number of carbonyl (C=O) groups excluding carboxylic acids is 1. The number of hydrogen-bond donors (Lipinski definition) is 2. The number of aliphatic hydroxyl groups excluding tert-OH is 1. The molecule has 1 atom stereocenters. The largest absolute Gasteiger partial charge is 0.392 e. The summed E-state index contributed by atoms with van der Waals surface area (Å²) in [6, 6.07) is 6.14. The Bertz CT molecular complexity index is 575. The summed E-state index contributed by atoms with van der Waals surface area (Å²) in [6.07, 6.45) is 1.65. The molecule has 1 aromatic heterocycles. The molecular weight excluding hydrogens is 242 g/mol. The molecule has 0 spiro atoms. The predicted octanol–water partition coefficient (Wildman–Crippen LogP) is 1.23. The number of aliphatic hydroxyl groups is 1. The fourth-order valence-corrected chi connectivity index (χ4v) is 1.92. The van der Waals surface area contributed by atoms with Gasteiger partial charge in [0.25, 0.3) is 0 Å². The average molecular weight is 261 g/mol. The van der Waals surface area contributed by atoms with Gasteiger partial charge in [0, 0.05) is 18.4 Å². The number of benzene rings is 1. The van der Waals surface area contributed by atoms with Crippen LogP contribution in [0.15, 0.2) is 24.4 Å². The second-order valence-electron chi connectivity index (χ2n) is 4.83. The van der Waals surface area contributed by atoms with Crippen molar-refractivity contribution in [3.05, 3.63) is 30.0 Å². The second-order valence-corrected chi connectivity index (χ2v) is 4.83. The number of nitrogens with one attached hydrogen (secondary N) is 1. The fourth-order valence-electron chi connectivity index (χ4n) is 1.92. The summed E-state index contributed by atoms with van der Waals surface area (Å²) in [5.41, 5.74) is 2.22. The Morgan fingerprint density at radius 2 is 2.32 bits per heavy atom. The number of aromatic nitrogens is 2. The van der Waals surface area contributed by atoms with Gasteiger partial charge in [-0.05, 0) is 25.5 Å². The lowest BCUT2D eigenvalue weighted by Crippen LogP contribution is -2.31. The maximum Gasteiger partial charge on any atom is 0.221 e. The molecule has 0 aliphatic rings. The van der Waals surface area contributed by atoms with Gasteiger partial charge in [0.2, 0.25) is 5.91 Å². The Balaban J connectivity index is 1.98. The summed E-state index contributed by atoms with van der Waals surface area (Å²) >= 11 is 0. The van der Waals surface area contributed by atoms with E-state index in [0.29, 0.717) is 13.0 Å². The van der Waals surface area contributed by atoms with Gasteiger partial charge in [-0.25, -0.2) is 0 Å². The third-order valence-electron chi connectivity index (χ3n) is 2.95. The van der Waals surface area contributed by atoms with Gasteiger partial charge in [-0.3, -0.25) is 9.48 Å². The molecular formula is C14H19N3O2. The molecule has 5 heteroatoms. The minimum Gasteiger partial charge on any atom is -0.392 e. The summed E-state index contributed by atoms with van der Waals surface area (Å²) in [5, 5.41) is 17.1. The van der Waals surface area contributed by atoms with E-state index >= 15 is 0 Å². The van der Waals surface area contributed by atoms with Crippen LogP contribution in [0.1, 0.15) is 18.9 Å². The average Bonchev–Trinajstić information content (AvgIpc) is 2.76. The van der Waals surface area contributed by atoms with E-state index in [1.807, 2.05) is 29.9 Å². The van der Waals surface area contributed by atoms with Gasteiger partial charge in [-0.2, -0.15) is 5.10 Å². The van der Waals surface area contributed by atoms with Crippen molar-refractivity contribution >= 4 is 16.8 Å². The SMILES string of the molecule is Cc1ccc2cnn(CCC(=O)NCC(C)O)c2c1. The minimum atomic E-state index is -0.517. The van der Waals surface area contributed by atoms with Crippen molar-refractivity contribution in [1.29, 1.82) is 0 Å². The fraction of sp³-hybridized carbons (Fsp3) is 0.429. The highest BCUT2D eigenvalue weighted by molar-refractivity contribution is 5.80. The molecule has 5 nitrogen and oxygen atoms in total. The zero-order valence-electron chi connectivity index (χ0n) is 11.3. The van der Waals surface area contributed by atoms with E-state index in [9.17, 15) is 4.79 Å². The van der Waals surface area contributed by atoms with Gasteiger partial charge in [-0.15, -0.1) is 0 Å². The summed E-state index contributed by atoms with van der Waals surface area (Å²) in [4.78, 5) is 11.6. The number of carbonyl (C=O) groups is 1. The molecule has 2 N–H and O–H groups in total. The van der Waals surface area contributed by atoms with Crippen LogP contribution in [0, 0.1) is 6.92 Å². The van der Waals surface area contributed by atoms with Crippen LogP contribution in [-0.2, 0) is 11.3 Å². The lowest BCUT2D eigenvalue weighted by atomic mass is 10.2. The van der Waals surface area contributed by atoms with E-state index in [0.717, 1.165) is 10.9 Å². The Hall–Kier alpha value is -1.88. The van der Waals surface area contributed by atoms with Crippen molar-refractivity contribution in [2.75, 3.05) is 6.54 Å². The van der Waals surface area contributed by atoms with E-state index in [1.54, 1.807) is 6.92 Å². The van der Waals surface area contributed by atoms with Crippen LogP contribution in [0.4, 0.5) is 0 Å². The Morgan fingerprint density at radius 1 is 1.53 bits per heavy atom. The number of amides is 1. The highest BCUT2D eigenvalue weighted by Crippen LogP contribution is 2.15. The van der Waals surface area contributed by atoms with Crippen molar-refractivity contribution < 1.29 is 9.90 Å². The number of nitrogens with zero attached hydrogens (tertiary/aromatic N) is 2. The number of aryl methyl sites for hydroxylation is 2. The van der Waals surface area contributed by atoms with E-state index in [4.69, 9.17) is 5.11 Å². The summed E-state index contributed by atoms with van der Waals surface area (Å²) in [7, 11) is 0. The van der Waals surface area contributed by atoms with Gasteiger partial charge >= 0.3 is 0 Å². The third kappa shape index (κ3) is 3.54. The molecule has 19 heavy (non-hydrogen) atoms. The molecule has 0 fully saturated rings. The third-order valence-corrected chi connectivity index (χ3v) is 2.95. The van der Waals surface area contributed by atoms with Gasteiger partial charge in [0.05, 0.1) is 24.4 Å². The first kappa shape index (κ1) is 13.5. The Kier molecular flexibility index (Phi) is 4.16. The predicted molar refractivity (Wildman–Crippen MR) is 73.8 cm³/mol. The highest BCUT2D eigenvalue weighted by Gasteiger charge is 2.06. The van der Waals surface area contributed by atoms with E-state index in [-0.39, 0.29) is 12.5 Å². The maximum absolute atomic E-state index is 11.6. The monoisotopic (exact) mass is 261 g/mol. The molecule has 102 valence electrons. The lowest BCUT2D eigenvalue weighted by Gasteiger charge is -2.07. The molecule has 2 aromatic rings. The molecule has 2 rings (SSSR count). The molecule has 0 aliphatic carbocycles. The molecule has 1 heterocycles. The second kappa shape index (κ2) is 5.84. The number of hydrogen-bond acceptors (Lipinski definition) is 3. The summed E-state index contributed by atoms with van der Waals surface area (Å²) < 4.78 is 1.84. The molecule has 1 amide bonds. The normalized spacial score (nSPS) is 12.6. The zero-order valence-corrected chi connectivity index (χ0v) is 11.3. The van der Waals surface area contributed by atoms with Crippen LogP contribution in [0.25, 0.3) is 10.9 Å². The van der Waals surface area contributed by atoms with Crippen molar-refractivity contribution in [1.82, 2.24) is 15.1 Å². The van der Waals surface area contributed by atoms with Gasteiger partial charge < -0.3 is 10.4 Å². The number of rotatable bonds is 5. The minimum absolute atomic E-state index is 0.0720. The smallest absolute Gasteiger partial charge is 0.221 e. The zero-order chi connectivity index (χ0) is 13.8. The molecule has 1 unspecified atom stereocenters. The van der Waals surface area contributed by atoms with Crippen LogP contribution in [-0.4, -0.2) is 33.4 Å². The van der Waals surface area contributed by atoms with Gasteiger partial charge in [-0.1, -0.05) is 12.1 Å². The summed E-state index contributed by atoms with van der Waals surface area (Å²) in [6.45, 7) is 4.51. The lowest BCUT2D eigenvalue weighted by molar-refractivity contribution is -0.121. The van der Waals surface area contributed by atoms with Crippen LogP contribution in [0.3, 0.4) is 0 Å². The van der Waals surface area contributed by atoms with Crippen molar-refractivity contribution in [3.63, 3.8) is 0 Å². The molecule has 0 bridgehead atoms. The quantitative estimate of drug-likeness (QED) is 0.850. The molecule has 0 saturated heterocycles. The first-order valence-corrected chi connectivity index (χ1v) is 6.43. The van der Waals surface area contributed by atoms with Crippen molar-refractivity contribution in [2.24, 2.45) is 0 Å². The van der Waals surface area contributed by atoms with E-state index in [2.05, 4.69) is 16.5 Å². The Morgan fingerprint density at radius 3 is 3.05 bits per heavy atom. The molecule has 0 aliphatic heterocycles. The van der Waals surface area contributed by atoms with Crippen molar-refractivity contribution in [2.45, 2.75) is 32.9 Å². The standard InChI is InChI=1S/C14H19N3O2/c1-10-3-4-12-9-16-17(13(12)7-10)6-5-14(19)15-8-11(2)18/h3-4,7,9,11,18H,5-6,8H2,1-2H3,(H,15,19). The van der Waals surface area contributed by atoms with E-state index in [1.165, 1.54) is 5.56 Å². The van der Waals surface area contributed by atoms with Crippen LogP contribution in [0.2, 0.25) is 0 Å². The molecule has 0 radical (unpaired) electrons. The van der Waals surface area contributed by atoms with Gasteiger partial charge in [0.1, 0.15) is 0 Å². The van der Waals surface area contributed by atoms with Crippen LogP contribution in [0.5, 0.6) is 0 Å². The Labute approximate surface area is 112 Å². The first-order valence-electron chi connectivity index (χ1n) is 6.43. The molecule has 0 saturated carbocycles. The topological polar surface area (TPSA) is 67.2 Å². The number of fused-ring (bicyclic) bond motifs is 1. The van der Waals surface area contributed by atoms with Crippen molar-refractivity contribution in [3.8, 4) is 0 Å².